The van der Waals surface area contributed by atoms with E-state index in [4.69, 9.17) is 4.98 Å². The summed E-state index contributed by atoms with van der Waals surface area (Å²) in [6.45, 7) is 7.27. The number of urea groups is 1. The monoisotopic (exact) mass is 443 g/mol. The van der Waals surface area contributed by atoms with Crippen LogP contribution in [0.25, 0.3) is 16.6 Å². The Hall–Kier alpha value is -2.28. The minimum absolute atomic E-state index is 0.0411. The Morgan fingerprint density at radius 1 is 1.21 bits per heavy atom. The van der Waals surface area contributed by atoms with Gasteiger partial charge in [0.1, 0.15) is 0 Å². The smallest absolute Gasteiger partial charge is 0.317 e. The lowest BCUT2D eigenvalue weighted by atomic mass is 10.3. The van der Waals surface area contributed by atoms with Crippen molar-refractivity contribution >= 4 is 44.3 Å². The van der Waals surface area contributed by atoms with Gasteiger partial charge in [0.05, 0.1) is 16.6 Å². The summed E-state index contributed by atoms with van der Waals surface area (Å²) in [4.78, 5) is 21.7. The highest BCUT2D eigenvalue weighted by molar-refractivity contribution is 9.10. The molecular formula is C21H26BrN5O. The average molecular weight is 444 g/mol. The third-order valence-corrected chi connectivity index (χ3v) is 5.96. The lowest BCUT2D eigenvalue weighted by Gasteiger charge is -2.25. The van der Waals surface area contributed by atoms with Crippen molar-refractivity contribution in [2.75, 3.05) is 31.1 Å². The Morgan fingerprint density at radius 3 is 2.89 bits per heavy atom. The van der Waals surface area contributed by atoms with E-state index in [9.17, 15) is 4.79 Å². The van der Waals surface area contributed by atoms with Crippen molar-refractivity contribution in [2.24, 2.45) is 0 Å². The van der Waals surface area contributed by atoms with Gasteiger partial charge in [-0.2, -0.15) is 0 Å². The molecule has 1 N–H and O–H groups in total. The SMILES string of the molecule is CC[C@@H](C)NC(=O)N1CCCN(c2nc3cc(Br)ccc3n3cccc23)CC1. The predicted octanol–water partition coefficient (Wildman–Crippen LogP) is 4.27. The molecule has 2 aromatic heterocycles. The minimum atomic E-state index is 0.0411. The van der Waals surface area contributed by atoms with Crippen LogP contribution in [0, 0.1) is 0 Å². The Morgan fingerprint density at radius 2 is 2.07 bits per heavy atom. The second kappa shape index (κ2) is 7.99. The van der Waals surface area contributed by atoms with Crippen molar-refractivity contribution < 1.29 is 4.79 Å². The lowest BCUT2D eigenvalue weighted by molar-refractivity contribution is 0.198. The number of hydrogen-bond donors (Lipinski definition) is 1. The number of nitrogens with one attached hydrogen (secondary N) is 1. The number of anilines is 1. The number of hydrogen-bond acceptors (Lipinski definition) is 3. The van der Waals surface area contributed by atoms with Crippen LogP contribution in [-0.4, -0.2) is 52.5 Å². The molecule has 2 amide bonds. The number of carbonyl (C=O) groups excluding carboxylic acids is 1. The molecular weight excluding hydrogens is 418 g/mol. The molecule has 3 heterocycles. The Bertz CT molecular complexity index is 1000. The van der Waals surface area contributed by atoms with E-state index in [1.165, 1.54) is 0 Å². The topological polar surface area (TPSA) is 52.9 Å². The number of nitrogens with zero attached hydrogens (tertiary/aromatic N) is 4. The molecule has 0 aliphatic carbocycles. The van der Waals surface area contributed by atoms with Crippen LogP contribution in [0.15, 0.2) is 41.0 Å². The van der Waals surface area contributed by atoms with E-state index in [0.717, 1.165) is 59.3 Å². The van der Waals surface area contributed by atoms with Crippen LogP contribution in [0.3, 0.4) is 0 Å². The number of fused-ring (bicyclic) bond motifs is 3. The van der Waals surface area contributed by atoms with Crippen LogP contribution in [0.1, 0.15) is 26.7 Å². The van der Waals surface area contributed by atoms with Gasteiger partial charge < -0.3 is 19.5 Å². The molecule has 1 fully saturated rings. The number of halogens is 1. The Kier molecular flexibility index (Phi) is 5.44. The highest BCUT2D eigenvalue weighted by Crippen LogP contribution is 2.27. The molecule has 0 bridgehead atoms. The van der Waals surface area contributed by atoms with Crippen molar-refractivity contribution in [3.8, 4) is 0 Å². The first-order valence-corrected chi connectivity index (χ1v) is 10.7. The minimum Gasteiger partial charge on any atom is -0.353 e. The molecule has 0 radical (unpaired) electrons. The first kappa shape index (κ1) is 19.1. The second-order valence-electron chi connectivity index (χ2n) is 7.42. The van der Waals surface area contributed by atoms with E-state index in [1.54, 1.807) is 0 Å². The van der Waals surface area contributed by atoms with Crippen LogP contribution >= 0.6 is 15.9 Å². The van der Waals surface area contributed by atoms with Gasteiger partial charge in [-0.05, 0) is 50.1 Å². The Labute approximate surface area is 173 Å². The molecule has 0 unspecified atom stereocenters. The van der Waals surface area contributed by atoms with E-state index in [1.807, 2.05) is 17.9 Å². The van der Waals surface area contributed by atoms with Crippen molar-refractivity contribution in [1.29, 1.82) is 0 Å². The predicted molar refractivity (Wildman–Crippen MR) is 117 cm³/mol. The van der Waals surface area contributed by atoms with Crippen LogP contribution in [0.2, 0.25) is 0 Å². The number of carbonyl (C=O) groups is 1. The fourth-order valence-corrected chi connectivity index (χ4v) is 4.05. The molecule has 3 aromatic rings. The molecule has 6 nitrogen and oxygen atoms in total. The maximum absolute atomic E-state index is 12.5. The van der Waals surface area contributed by atoms with E-state index in [-0.39, 0.29) is 12.1 Å². The summed E-state index contributed by atoms with van der Waals surface area (Å²) in [6.07, 6.45) is 3.95. The third-order valence-electron chi connectivity index (χ3n) is 5.47. The molecule has 28 heavy (non-hydrogen) atoms. The van der Waals surface area contributed by atoms with Gasteiger partial charge in [0, 0.05) is 42.9 Å². The molecule has 1 aromatic carbocycles. The average Bonchev–Trinajstić information content (AvgIpc) is 3.04. The van der Waals surface area contributed by atoms with Gasteiger partial charge in [0.2, 0.25) is 0 Å². The summed E-state index contributed by atoms with van der Waals surface area (Å²) in [5.41, 5.74) is 3.16. The first-order chi connectivity index (χ1) is 13.6. The fourth-order valence-electron chi connectivity index (χ4n) is 3.70. The van der Waals surface area contributed by atoms with Crippen LogP contribution in [0.5, 0.6) is 0 Å². The maximum Gasteiger partial charge on any atom is 0.317 e. The molecule has 0 spiro atoms. The molecule has 7 heteroatoms. The zero-order valence-electron chi connectivity index (χ0n) is 16.4. The first-order valence-electron chi connectivity index (χ1n) is 9.93. The van der Waals surface area contributed by atoms with Crippen LogP contribution in [-0.2, 0) is 0 Å². The summed E-state index contributed by atoms with van der Waals surface area (Å²) in [5.74, 6) is 0.986. The van der Waals surface area contributed by atoms with E-state index < -0.39 is 0 Å². The molecule has 1 aliphatic rings. The number of amides is 2. The highest BCUT2D eigenvalue weighted by Gasteiger charge is 2.22. The summed E-state index contributed by atoms with van der Waals surface area (Å²) >= 11 is 3.56. The zero-order chi connectivity index (χ0) is 19.7. The quantitative estimate of drug-likeness (QED) is 0.657. The van der Waals surface area contributed by atoms with Gasteiger partial charge in [-0.15, -0.1) is 0 Å². The molecule has 1 saturated heterocycles. The summed E-state index contributed by atoms with van der Waals surface area (Å²) in [7, 11) is 0. The highest BCUT2D eigenvalue weighted by atomic mass is 79.9. The van der Waals surface area contributed by atoms with Crippen molar-refractivity contribution in [3.63, 3.8) is 0 Å². The molecule has 0 saturated carbocycles. The maximum atomic E-state index is 12.5. The largest absolute Gasteiger partial charge is 0.353 e. The molecule has 148 valence electrons. The second-order valence-corrected chi connectivity index (χ2v) is 8.33. The summed E-state index contributed by atoms with van der Waals surface area (Å²) in [5, 5.41) is 3.08. The number of rotatable bonds is 3. The van der Waals surface area contributed by atoms with Gasteiger partial charge in [-0.25, -0.2) is 9.78 Å². The summed E-state index contributed by atoms with van der Waals surface area (Å²) < 4.78 is 3.22. The van der Waals surface area contributed by atoms with Gasteiger partial charge >= 0.3 is 6.03 Å². The molecule has 1 aliphatic heterocycles. The van der Waals surface area contributed by atoms with Crippen molar-refractivity contribution in [2.45, 2.75) is 32.7 Å². The standard InChI is InChI=1S/C21H26BrN5O/c1-3-15(2)23-21(28)26-10-5-9-25(12-13-26)20-19-6-4-11-27(19)18-8-7-16(22)14-17(18)24-20/h4,6-8,11,14-15H,3,5,9-10,12-13H2,1-2H3,(H,23,28)/t15-/m1/s1. The van der Waals surface area contributed by atoms with E-state index in [2.05, 4.69) is 67.9 Å². The Balaban J connectivity index is 1.61. The van der Waals surface area contributed by atoms with Gasteiger partial charge in [-0.3, -0.25) is 0 Å². The fraction of sp³-hybridized carbons (Fsp3) is 0.429. The third kappa shape index (κ3) is 3.68. The molecule has 4 rings (SSSR count). The van der Waals surface area contributed by atoms with Crippen molar-refractivity contribution in [1.82, 2.24) is 19.6 Å². The number of aromatic nitrogens is 2. The normalized spacial score (nSPS) is 16.4. The number of benzene rings is 1. The zero-order valence-corrected chi connectivity index (χ0v) is 17.9. The van der Waals surface area contributed by atoms with Crippen LogP contribution < -0.4 is 10.2 Å². The molecule has 1 atom stereocenters. The van der Waals surface area contributed by atoms with Gasteiger partial charge in [-0.1, -0.05) is 22.9 Å². The van der Waals surface area contributed by atoms with E-state index >= 15 is 0 Å². The van der Waals surface area contributed by atoms with Gasteiger partial charge in [0.25, 0.3) is 0 Å². The van der Waals surface area contributed by atoms with Crippen molar-refractivity contribution in [3.05, 3.63) is 41.0 Å². The van der Waals surface area contributed by atoms with Crippen LogP contribution in [0.4, 0.5) is 10.6 Å². The lowest BCUT2D eigenvalue weighted by Crippen LogP contribution is -2.45. The van der Waals surface area contributed by atoms with Gasteiger partial charge in [0.15, 0.2) is 5.82 Å². The summed E-state index contributed by atoms with van der Waals surface area (Å²) in [6, 6.07) is 10.6. The van der Waals surface area contributed by atoms with E-state index in [0.29, 0.717) is 6.54 Å².